The number of phenolic OH excluding ortho intramolecular Hbond substituents is 3. The minimum absolute atomic E-state index is 0.160. The maximum absolute atomic E-state index is 10.2. The minimum Gasteiger partial charge on any atom is -0.508 e. The summed E-state index contributed by atoms with van der Waals surface area (Å²) < 4.78 is 6.04. The Morgan fingerprint density at radius 3 is 1.73 bits per heavy atom. The van der Waals surface area contributed by atoms with Crippen molar-refractivity contribution in [1.82, 2.24) is 0 Å². The van der Waals surface area contributed by atoms with Crippen LogP contribution in [0.1, 0.15) is 22.3 Å². The third-order valence-corrected chi connectivity index (χ3v) is 5.67. The maximum Gasteiger partial charge on any atom is 0.134 e. The van der Waals surface area contributed by atoms with E-state index in [2.05, 4.69) is 0 Å². The van der Waals surface area contributed by atoms with Gasteiger partial charge in [-0.25, -0.2) is 0 Å². The van der Waals surface area contributed by atoms with Crippen molar-refractivity contribution in [3.8, 4) is 28.7 Å². The Morgan fingerprint density at radius 2 is 1.18 bits per heavy atom. The molecule has 0 aliphatic rings. The molecule has 0 atom stereocenters. The molecule has 5 heteroatoms. The lowest BCUT2D eigenvalue weighted by Gasteiger charge is -2.28. The van der Waals surface area contributed by atoms with Gasteiger partial charge in [-0.1, -0.05) is 12.1 Å². The molecule has 0 saturated carbocycles. The number of rotatable bonds is 5. The minimum atomic E-state index is 0.160. The zero-order valence-corrected chi connectivity index (χ0v) is 19.1. The lowest BCUT2D eigenvalue weighted by Crippen LogP contribution is -2.12. The van der Waals surface area contributed by atoms with Gasteiger partial charge >= 0.3 is 0 Å². The predicted molar refractivity (Wildman–Crippen MR) is 132 cm³/mol. The van der Waals surface area contributed by atoms with Crippen molar-refractivity contribution in [1.29, 1.82) is 0 Å². The second-order valence-corrected chi connectivity index (χ2v) is 8.28. The molecule has 0 heterocycles. The first-order valence-corrected chi connectivity index (χ1v) is 10.7. The second-order valence-electron chi connectivity index (χ2n) is 8.28. The third-order valence-electron chi connectivity index (χ3n) is 5.67. The molecule has 4 rings (SSSR count). The molecule has 0 unspecified atom stereocenters. The van der Waals surface area contributed by atoms with E-state index in [-0.39, 0.29) is 17.2 Å². The molecule has 0 aliphatic carbocycles. The highest BCUT2D eigenvalue weighted by molar-refractivity contribution is 5.81. The highest BCUT2D eigenvalue weighted by Crippen LogP contribution is 2.41. The number of phenols is 3. The molecule has 0 spiro atoms. The van der Waals surface area contributed by atoms with Gasteiger partial charge in [-0.05, 0) is 92.9 Å². The summed E-state index contributed by atoms with van der Waals surface area (Å²) in [6, 6.07) is 21.6. The zero-order valence-electron chi connectivity index (χ0n) is 19.1. The Hall–Kier alpha value is -4.12. The first kappa shape index (κ1) is 22.1. The van der Waals surface area contributed by atoms with Crippen molar-refractivity contribution < 1.29 is 20.1 Å². The van der Waals surface area contributed by atoms with E-state index in [0.717, 1.165) is 33.8 Å². The van der Waals surface area contributed by atoms with Gasteiger partial charge in [0.05, 0.1) is 11.4 Å². The van der Waals surface area contributed by atoms with Crippen LogP contribution in [0.25, 0.3) is 0 Å². The summed E-state index contributed by atoms with van der Waals surface area (Å²) in [6.07, 6.45) is 0. The molecule has 168 valence electrons. The summed E-state index contributed by atoms with van der Waals surface area (Å²) in [5.74, 6) is 1.75. The van der Waals surface area contributed by atoms with Crippen LogP contribution in [0.15, 0.2) is 72.8 Å². The molecule has 5 nitrogen and oxygen atoms in total. The van der Waals surface area contributed by atoms with Crippen LogP contribution in [-0.2, 0) is 0 Å². The van der Waals surface area contributed by atoms with Gasteiger partial charge in [-0.15, -0.1) is 0 Å². The average Bonchev–Trinajstić information content (AvgIpc) is 2.77. The summed E-state index contributed by atoms with van der Waals surface area (Å²) in [6.45, 7) is 7.67. The van der Waals surface area contributed by atoms with Crippen molar-refractivity contribution in [2.45, 2.75) is 27.7 Å². The molecular formula is C28H27NO4. The molecular weight excluding hydrogens is 414 g/mol. The number of hydrogen-bond acceptors (Lipinski definition) is 5. The number of benzene rings is 4. The fourth-order valence-corrected chi connectivity index (χ4v) is 3.79. The van der Waals surface area contributed by atoms with Gasteiger partial charge < -0.3 is 25.0 Å². The van der Waals surface area contributed by atoms with Crippen LogP contribution in [0, 0.1) is 27.7 Å². The van der Waals surface area contributed by atoms with E-state index in [9.17, 15) is 15.3 Å². The summed E-state index contributed by atoms with van der Waals surface area (Å²) in [5.41, 5.74) is 5.98. The second kappa shape index (κ2) is 8.79. The Bertz CT molecular complexity index is 1260. The van der Waals surface area contributed by atoms with Crippen molar-refractivity contribution in [2.24, 2.45) is 0 Å². The fourth-order valence-electron chi connectivity index (χ4n) is 3.79. The van der Waals surface area contributed by atoms with Gasteiger partial charge in [-0.3, -0.25) is 0 Å². The van der Waals surface area contributed by atoms with E-state index in [4.69, 9.17) is 4.74 Å². The molecule has 0 radical (unpaired) electrons. The number of aromatic hydroxyl groups is 3. The molecule has 0 aliphatic heterocycles. The van der Waals surface area contributed by atoms with Crippen molar-refractivity contribution in [3.05, 3.63) is 95.1 Å². The molecule has 0 saturated heterocycles. The summed E-state index contributed by atoms with van der Waals surface area (Å²) >= 11 is 0. The first-order valence-electron chi connectivity index (χ1n) is 10.7. The van der Waals surface area contributed by atoms with Crippen LogP contribution < -0.4 is 9.64 Å². The van der Waals surface area contributed by atoms with Gasteiger partial charge in [0.1, 0.15) is 28.7 Å². The van der Waals surface area contributed by atoms with E-state index in [1.54, 1.807) is 30.3 Å². The van der Waals surface area contributed by atoms with Crippen LogP contribution in [0.4, 0.5) is 17.1 Å². The first-order chi connectivity index (χ1) is 15.7. The van der Waals surface area contributed by atoms with Crippen LogP contribution in [-0.4, -0.2) is 15.3 Å². The summed E-state index contributed by atoms with van der Waals surface area (Å²) in [4.78, 5) is 2.00. The predicted octanol–water partition coefficient (Wildman–Crippen LogP) is 7.30. The van der Waals surface area contributed by atoms with Crippen molar-refractivity contribution in [2.75, 3.05) is 4.90 Å². The van der Waals surface area contributed by atoms with E-state index < -0.39 is 0 Å². The Balaban J connectivity index is 1.77. The number of nitrogens with zero attached hydrogens (tertiary/aromatic N) is 1. The Morgan fingerprint density at radius 1 is 0.636 bits per heavy atom. The fraction of sp³-hybridized carbons (Fsp3) is 0.143. The molecule has 3 N–H and O–H groups in total. The number of anilines is 3. The molecule has 0 amide bonds. The normalized spacial score (nSPS) is 10.8. The van der Waals surface area contributed by atoms with Crippen LogP contribution in [0.5, 0.6) is 28.7 Å². The van der Waals surface area contributed by atoms with Gasteiger partial charge in [0.15, 0.2) is 0 Å². The Labute approximate surface area is 193 Å². The summed E-state index contributed by atoms with van der Waals surface area (Å²) in [7, 11) is 0. The average molecular weight is 442 g/mol. The Kier molecular flexibility index (Phi) is 5.88. The monoisotopic (exact) mass is 441 g/mol. The van der Waals surface area contributed by atoms with E-state index in [0.29, 0.717) is 17.1 Å². The van der Waals surface area contributed by atoms with Gasteiger partial charge in [0.25, 0.3) is 0 Å². The van der Waals surface area contributed by atoms with Crippen LogP contribution >= 0.6 is 0 Å². The maximum atomic E-state index is 10.2. The molecule has 4 aromatic carbocycles. The van der Waals surface area contributed by atoms with E-state index >= 15 is 0 Å². The lowest BCUT2D eigenvalue weighted by atomic mass is 10.1. The molecule has 0 bridgehead atoms. The largest absolute Gasteiger partial charge is 0.508 e. The van der Waals surface area contributed by atoms with Crippen LogP contribution in [0.2, 0.25) is 0 Å². The van der Waals surface area contributed by atoms with Crippen molar-refractivity contribution >= 4 is 17.1 Å². The highest BCUT2D eigenvalue weighted by Gasteiger charge is 2.18. The van der Waals surface area contributed by atoms with Crippen LogP contribution in [0.3, 0.4) is 0 Å². The van der Waals surface area contributed by atoms with Gasteiger partial charge in [0, 0.05) is 23.4 Å². The topological polar surface area (TPSA) is 73.2 Å². The van der Waals surface area contributed by atoms with Gasteiger partial charge in [-0.2, -0.15) is 0 Å². The van der Waals surface area contributed by atoms with Gasteiger partial charge in [0.2, 0.25) is 0 Å². The summed E-state index contributed by atoms with van der Waals surface area (Å²) in [5, 5.41) is 30.4. The molecule has 0 fully saturated rings. The van der Waals surface area contributed by atoms with Crippen molar-refractivity contribution in [3.63, 3.8) is 0 Å². The lowest BCUT2D eigenvalue weighted by molar-refractivity contribution is 0.447. The smallest absolute Gasteiger partial charge is 0.134 e. The standard InChI is InChI=1S/C28H27NO4/c1-17-13-27(32)20(4)28(14-17)33-24-11-7-21(8-12-24)29(25-15-22(30)9-5-18(25)2)26-16-23(31)10-6-19(26)3/h5-16,30-32H,1-4H3. The zero-order chi connectivity index (χ0) is 23.7. The number of aryl methyl sites for hydroxylation is 3. The SMILES string of the molecule is Cc1cc(O)c(C)c(Oc2ccc(N(c3cc(O)ccc3C)c3cc(O)ccc3C)cc2)c1. The molecule has 4 aromatic rings. The quantitative estimate of drug-likeness (QED) is 0.303. The van der Waals surface area contributed by atoms with E-state index in [1.165, 1.54) is 0 Å². The number of ether oxygens (including phenoxy) is 1. The third kappa shape index (κ3) is 4.58. The molecule has 0 aromatic heterocycles. The molecule has 33 heavy (non-hydrogen) atoms. The van der Waals surface area contributed by atoms with E-state index in [1.807, 2.05) is 75.1 Å². The number of hydrogen-bond donors (Lipinski definition) is 3. The highest BCUT2D eigenvalue weighted by atomic mass is 16.5.